The summed E-state index contributed by atoms with van der Waals surface area (Å²) in [6.45, 7) is 3.35. The number of nitrogens with zero attached hydrogens (tertiary/aromatic N) is 3. The van der Waals surface area contributed by atoms with Gasteiger partial charge in [0.1, 0.15) is 6.26 Å². The lowest BCUT2D eigenvalue weighted by atomic mass is 9.73. The number of alkyl halides is 5. The van der Waals surface area contributed by atoms with E-state index in [1.54, 1.807) is 11.0 Å². The predicted molar refractivity (Wildman–Crippen MR) is 170 cm³/mol. The average molecular weight is 676 g/mol. The minimum absolute atomic E-state index is 0.0260. The largest absolute Gasteiger partial charge is 0.472 e. The average Bonchev–Trinajstić information content (AvgIpc) is 3.59. The van der Waals surface area contributed by atoms with E-state index in [0.29, 0.717) is 56.6 Å². The molecule has 2 aromatic carbocycles. The van der Waals surface area contributed by atoms with Crippen LogP contribution in [0.3, 0.4) is 0 Å². The van der Waals surface area contributed by atoms with E-state index >= 15 is 0 Å². The smallest absolute Gasteiger partial charge is 0.416 e. The molecule has 0 radical (unpaired) electrons. The molecule has 6 rings (SSSR count). The molecule has 3 aromatic rings. The van der Waals surface area contributed by atoms with Crippen molar-refractivity contribution in [2.75, 3.05) is 32.7 Å². The third kappa shape index (κ3) is 7.56. The predicted octanol–water partition coefficient (Wildman–Crippen LogP) is 7.46. The topological polar surface area (TPSA) is 57.0 Å². The van der Waals surface area contributed by atoms with Crippen LogP contribution in [0.15, 0.2) is 71.5 Å². The minimum atomic E-state index is -4.89. The van der Waals surface area contributed by atoms with Crippen LogP contribution in [0.1, 0.15) is 75.9 Å². The van der Waals surface area contributed by atoms with E-state index in [2.05, 4.69) is 4.90 Å². The van der Waals surface area contributed by atoms with Gasteiger partial charge >= 0.3 is 6.18 Å². The van der Waals surface area contributed by atoms with Gasteiger partial charge in [-0.3, -0.25) is 14.5 Å². The van der Waals surface area contributed by atoms with Gasteiger partial charge in [-0.1, -0.05) is 39.6 Å². The van der Waals surface area contributed by atoms with E-state index < -0.39 is 34.4 Å². The van der Waals surface area contributed by atoms with E-state index in [9.17, 15) is 31.5 Å². The molecular weight excluding hydrogens is 636 g/mol. The third-order valence-corrected chi connectivity index (χ3v) is 10.4. The van der Waals surface area contributed by atoms with Crippen LogP contribution in [0.4, 0.5) is 22.0 Å². The number of piperidine rings is 3. The Bertz CT molecular complexity index is 1530. The molecule has 12 heteroatoms. The van der Waals surface area contributed by atoms with Crippen molar-refractivity contribution in [3.8, 4) is 0 Å². The lowest BCUT2D eigenvalue weighted by molar-refractivity contribution is -0.137. The first-order valence-electron chi connectivity index (χ1n) is 16.1. The Hall–Kier alpha value is -3.30. The molecule has 3 saturated heterocycles. The number of hydrogen-bond acceptors (Lipinski definition) is 4. The third-order valence-electron chi connectivity index (χ3n) is 10.1. The monoisotopic (exact) mass is 675 g/mol. The number of halogens is 5. The van der Waals surface area contributed by atoms with Crippen LogP contribution < -0.4 is 0 Å². The highest BCUT2D eigenvalue weighted by atomic mass is 31.0. The number of rotatable bonds is 6. The molecule has 1 spiro atoms. The number of likely N-dealkylation sites (tertiary alicyclic amines) is 3. The van der Waals surface area contributed by atoms with E-state index in [4.69, 9.17) is 4.42 Å². The van der Waals surface area contributed by atoms with Crippen LogP contribution >= 0.6 is 9.24 Å². The molecule has 3 aliphatic heterocycles. The van der Waals surface area contributed by atoms with Crippen molar-refractivity contribution < 1.29 is 36.0 Å². The van der Waals surface area contributed by atoms with Crippen molar-refractivity contribution in [3.63, 3.8) is 0 Å². The second-order valence-corrected chi connectivity index (χ2v) is 14.1. The quantitative estimate of drug-likeness (QED) is 0.201. The van der Waals surface area contributed by atoms with Crippen LogP contribution in [0.2, 0.25) is 0 Å². The van der Waals surface area contributed by atoms with Crippen molar-refractivity contribution in [1.82, 2.24) is 14.7 Å². The van der Waals surface area contributed by atoms with Gasteiger partial charge in [0.25, 0.3) is 17.5 Å². The molecule has 0 bridgehead atoms. The molecule has 47 heavy (non-hydrogen) atoms. The number of benzene rings is 2. The van der Waals surface area contributed by atoms with Crippen LogP contribution in [0.5, 0.6) is 0 Å². The van der Waals surface area contributed by atoms with Gasteiger partial charge < -0.3 is 14.2 Å². The summed E-state index contributed by atoms with van der Waals surface area (Å²) in [6, 6.07) is 13.0. The molecule has 2 amide bonds. The van der Waals surface area contributed by atoms with E-state index in [0.717, 1.165) is 50.4 Å². The second-order valence-electron chi connectivity index (χ2n) is 13.4. The Kier molecular flexibility index (Phi) is 9.51. The molecule has 0 aliphatic carbocycles. The molecule has 252 valence electrons. The van der Waals surface area contributed by atoms with E-state index in [-0.39, 0.29) is 23.4 Å². The highest BCUT2D eigenvalue weighted by molar-refractivity contribution is 7.17. The van der Waals surface area contributed by atoms with Crippen LogP contribution in [0.25, 0.3) is 0 Å². The van der Waals surface area contributed by atoms with Gasteiger partial charge in [-0.05, 0) is 81.3 Å². The summed E-state index contributed by atoms with van der Waals surface area (Å²) in [4.78, 5) is 33.1. The molecule has 0 N–H and O–H groups in total. The Morgan fingerprint density at radius 1 is 0.872 bits per heavy atom. The molecule has 0 saturated carbocycles. The fraction of sp³-hybridized carbons (Fsp3) is 0.486. The van der Waals surface area contributed by atoms with Gasteiger partial charge in [0.2, 0.25) is 0 Å². The number of furan rings is 1. The fourth-order valence-electron chi connectivity index (χ4n) is 7.82. The van der Waals surface area contributed by atoms with Gasteiger partial charge in [-0.15, -0.1) is 0 Å². The standard InChI is InChI=1S/C35H39F5N3O3P/c36-34(37,38)27-17-26(18-28(19-27)35(39,40)47)32(45)43-14-8-29(20-30(43)16-24-6-2-1-3-7-24)41-12-4-10-33(22-41)11-5-13-42(23-33)31(44)25-9-15-46-21-25/h1-3,6-7,9,15,17-19,21,29-30H,4-5,8,10-14,16,20,22-23,47H2. The molecule has 6 nitrogen and oxygen atoms in total. The number of hydrogen-bond donors (Lipinski definition) is 0. The van der Waals surface area contributed by atoms with Crippen molar-refractivity contribution >= 4 is 21.1 Å². The Morgan fingerprint density at radius 3 is 2.28 bits per heavy atom. The first-order chi connectivity index (χ1) is 22.3. The van der Waals surface area contributed by atoms with E-state index in [1.807, 2.05) is 35.2 Å². The molecule has 4 atom stereocenters. The normalized spacial score (nSPS) is 24.5. The maximum Gasteiger partial charge on any atom is 0.416 e. The summed E-state index contributed by atoms with van der Waals surface area (Å²) in [7, 11) is 1.26. The highest BCUT2D eigenvalue weighted by Gasteiger charge is 2.44. The van der Waals surface area contributed by atoms with Gasteiger partial charge in [0.15, 0.2) is 0 Å². The Labute approximate surface area is 273 Å². The SMILES string of the molecule is O=C(c1ccoc1)N1CCCC2(CCCN(C3CCN(C(=O)c4cc(C(F)(F)F)cc(C(F)(F)P)c4)C(Cc4ccccc4)C3)C2)C1. The molecule has 1 aromatic heterocycles. The fourth-order valence-corrected chi connectivity index (χ4v) is 7.99. The van der Waals surface area contributed by atoms with Crippen LogP contribution in [-0.4, -0.2) is 71.3 Å². The molecule has 4 heterocycles. The molecule has 3 fully saturated rings. The highest BCUT2D eigenvalue weighted by Crippen LogP contribution is 2.42. The molecule has 4 unspecified atom stereocenters. The summed E-state index contributed by atoms with van der Waals surface area (Å²) in [5, 5.41) is 0. The summed E-state index contributed by atoms with van der Waals surface area (Å²) in [6.07, 6.45) is 3.70. The maximum atomic E-state index is 14.3. The van der Waals surface area contributed by atoms with Crippen molar-refractivity contribution in [2.24, 2.45) is 5.41 Å². The lowest BCUT2D eigenvalue weighted by Crippen LogP contribution is -2.58. The zero-order chi connectivity index (χ0) is 33.4. The summed E-state index contributed by atoms with van der Waals surface area (Å²) < 4.78 is 74.9. The summed E-state index contributed by atoms with van der Waals surface area (Å²) in [5.41, 5.74) is -4.69. The number of carbonyl (C=O) groups is 2. The zero-order valence-electron chi connectivity index (χ0n) is 26.0. The van der Waals surface area contributed by atoms with Gasteiger partial charge in [0.05, 0.1) is 17.4 Å². The molecule has 3 aliphatic rings. The van der Waals surface area contributed by atoms with Gasteiger partial charge in [-0.2, -0.15) is 22.0 Å². The van der Waals surface area contributed by atoms with Crippen LogP contribution in [-0.2, 0) is 18.3 Å². The van der Waals surface area contributed by atoms with Crippen molar-refractivity contribution in [2.45, 2.75) is 68.9 Å². The first kappa shape index (κ1) is 33.6. The summed E-state index contributed by atoms with van der Waals surface area (Å²) >= 11 is 0. The number of amides is 2. The molecular formula is C35H39F5N3O3P. The van der Waals surface area contributed by atoms with Crippen molar-refractivity contribution in [3.05, 3.63) is 94.9 Å². The second kappa shape index (κ2) is 13.3. The van der Waals surface area contributed by atoms with Gasteiger partial charge in [0, 0.05) is 54.8 Å². The maximum absolute atomic E-state index is 14.3. The van der Waals surface area contributed by atoms with Crippen LogP contribution in [0, 0.1) is 5.41 Å². The lowest BCUT2D eigenvalue weighted by Gasteiger charge is -2.52. The Morgan fingerprint density at radius 2 is 1.60 bits per heavy atom. The number of carbonyl (C=O) groups excluding carboxylic acids is 2. The zero-order valence-corrected chi connectivity index (χ0v) is 27.2. The first-order valence-corrected chi connectivity index (χ1v) is 16.7. The summed E-state index contributed by atoms with van der Waals surface area (Å²) in [5.74, 6) is -0.705. The Balaban J connectivity index is 1.23. The van der Waals surface area contributed by atoms with Gasteiger partial charge in [-0.25, -0.2) is 0 Å². The van der Waals surface area contributed by atoms with Crippen molar-refractivity contribution in [1.29, 1.82) is 0 Å². The minimum Gasteiger partial charge on any atom is -0.472 e. The van der Waals surface area contributed by atoms with E-state index in [1.165, 1.54) is 21.8 Å².